The third-order valence-electron chi connectivity index (χ3n) is 2.74. The fraction of sp³-hybridized carbons (Fsp3) is 0.417. The summed E-state index contributed by atoms with van der Waals surface area (Å²) in [5.41, 5.74) is 4.98. The van der Waals surface area contributed by atoms with Gasteiger partial charge in [0.15, 0.2) is 0 Å². The minimum atomic E-state index is -4.16. The standard InChI is InChI=1S/C12H16ClFN2O4S/c1-6(2)11(12(17)20-3)16-21(18,19)10-5-9(15)8(14)4-7(10)13/h4-6,11,16H,15H2,1-3H3. The highest BCUT2D eigenvalue weighted by molar-refractivity contribution is 7.89. The van der Waals surface area contributed by atoms with E-state index in [-0.39, 0.29) is 16.6 Å². The monoisotopic (exact) mass is 338 g/mol. The third kappa shape index (κ3) is 4.05. The molecule has 0 amide bonds. The van der Waals surface area contributed by atoms with Gasteiger partial charge in [-0.05, 0) is 18.1 Å². The van der Waals surface area contributed by atoms with Gasteiger partial charge in [-0.15, -0.1) is 0 Å². The van der Waals surface area contributed by atoms with Gasteiger partial charge in [-0.2, -0.15) is 4.72 Å². The third-order valence-corrected chi connectivity index (χ3v) is 4.65. The van der Waals surface area contributed by atoms with Crippen molar-refractivity contribution in [2.24, 2.45) is 5.92 Å². The lowest BCUT2D eigenvalue weighted by Crippen LogP contribution is -2.45. The average molecular weight is 339 g/mol. The molecule has 0 radical (unpaired) electrons. The number of carbonyl (C=O) groups excluding carboxylic acids is 1. The second-order valence-electron chi connectivity index (χ2n) is 4.67. The Morgan fingerprint density at radius 2 is 2.00 bits per heavy atom. The first kappa shape index (κ1) is 17.7. The molecule has 0 saturated heterocycles. The maximum atomic E-state index is 13.2. The van der Waals surface area contributed by atoms with Crippen molar-refractivity contribution in [1.29, 1.82) is 0 Å². The molecule has 0 spiro atoms. The zero-order valence-electron chi connectivity index (χ0n) is 11.7. The zero-order chi connectivity index (χ0) is 16.4. The number of hydrogen-bond acceptors (Lipinski definition) is 5. The zero-order valence-corrected chi connectivity index (χ0v) is 13.3. The van der Waals surface area contributed by atoms with Crippen molar-refractivity contribution in [1.82, 2.24) is 4.72 Å². The van der Waals surface area contributed by atoms with Gasteiger partial charge in [0.05, 0.1) is 17.8 Å². The van der Waals surface area contributed by atoms with Gasteiger partial charge in [0, 0.05) is 0 Å². The molecule has 0 aliphatic heterocycles. The summed E-state index contributed by atoms with van der Waals surface area (Å²) in [6.45, 7) is 3.29. The van der Waals surface area contributed by atoms with Crippen LogP contribution in [0.1, 0.15) is 13.8 Å². The maximum Gasteiger partial charge on any atom is 0.324 e. The normalized spacial score (nSPS) is 13.2. The van der Waals surface area contributed by atoms with Crippen LogP contribution in [-0.4, -0.2) is 27.5 Å². The summed E-state index contributed by atoms with van der Waals surface area (Å²) < 4.78 is 44.5. The topological polar surface area (TPSA) is 98.5 Å². The molecule has 9 heteroatoms. The van der Waals surface area contributed by atoms with Crippen LogP contribution in [0.5, 0.6) is 0 Å². The Labute approximate surface area is 127 Å². The number of anilines is 1. The molecule has 0 aromatic heterocycles. The van der Waals surface area contributed by atoms with Crippen molar-refractivity contribution in [2.75, 3.05) is 12.8 Å². The van der Waals surface area contributed by atoms with Gasteiger partial charge in [0.1, 0.15) is 16.8 Å². The summed E-state index contributed by atoms with van der Waals surface area (Å²) in [6.07, 6.45) is 0. The summed E-state index contributed by atoms with van der Waals surface area (Å²) >= 11 is 5.73. The predicted octanol–water partition coefficient (Wildman–Crippen LogP) is 1.54. The van der Waals surface area contributed by atoms with Crippen molar-refractivity contribution in [3.63, 3.8) is 0 Å². The van der Waals surface area contributed by atoms with Crippen molar-refractivity contribution >= 4 is 33.3 Å². The number of nitrogen functional groups attached to an aromatic ring is 1. The Bertz CT molecular complexity index is 649. The number of carbonyl (C=O) groups is 1. The van der Waals surface area contributed by atoms with Crippen LogP contribution in [0.3, 0.4) is 0 Å². The molecule has 1 aromatic rings. The molecule has 1 atom stereocenters. The summed E-state index contributed by atoms with van der Waals surface area (Å²) in [6, 6.07) is 0.602. The number of halogens is 2. The summed E-state index contributed by atoms with van der Waals surface area (Å²) in [4.78, 5) is 11.2. The van der Waals surface area contributed by atoms with Crippen LogP contribution in [0.25, 0.3) is 0 Å². The van der Waals surface area contributed by atoms with E-state index in [2.05, 4.69) is 9.46 Å². The molecular weight excluding hydrogens is 323 g/mol. The Morgan fingerprint density at radius 3 is 2.48 bits per heavy atom. The number of ether oxygens (including phenoxy) is 1. The van der Waals surface area contributed by atoms with Crippen molar-refractivity contribution in [3.05, 3.63) is 23.0 Å². The smallest absolute Gasteiger partial charge is 0.324 e. The Morgan fingerprint density at radius 1 is 1.43 bits per heavy atom. The van der Waals surface area contributed by atoms with Crippen LogP contribution in [0, 0.1) is 11.7 Å². The number of sulfonamides is 1. The van der Waals surface area contributed by atoms with Gasteiger partial charge >= 0.3 is 5.97 Å². The number of nitrogens with one attached hydrogen (secondary N) is 1. The first-order valence-corrected chi connectivity index (χ1v) is 7.81. The maximum absolute atomic E-state index is 13.2. The molecule has 0 heterocycles. The van der Waals surface area contributed by atoms with Crippen LogP contribution < -0.4 is 10.5 Å². The molecule has 118 valence electrons. The summed E-state index contributed by atoms with van der Waals surface area (Å²) in [5.74, 6) is -1.92. The second-order valence-corrected chi connectivity index (χ2v) is 6.76. The highest BCUT2D eigenvalue weighted by Crippen LogP contribution is 2.26. The molecule has 1 rings (SSSR count). The Kier molecular flexibility index (Phi) is 5.54. The first-order chi connectivity index (χ1) is 9.60. The number of hydrogen-bond donors (Lipinski definition) is 2. The van der Waals surface area contributed by atoms with E-state index in [1.54, 1.807) is 13.8 Å². The fourth-order valence-electron chi connectivity index (χ4n) is 1.56. The van der Waals surface area contributed by atoms with E-state index in [1.165, 1.54) is 0 Å². The molecule has 21 heavy (non-hydrogen) atoms. The number of nitrogens with two attached hydrogens (primary N) is 1. The van der Waals surface area contributed by atoms with E-state index < -0.39 is 32.7 Å². The molecule has 0 fully saturated rings. The van der Waals surface area contributed by atoms with Crippen molar-refractivity contribution in [2.45, 2.75) is 24.8 Å². The van der Waals surface area contributed by atoms with Gasteiger partial charge in [-0.1, -0.05) is 25.4 Å². The summed E-state index contributed by atoms with van der Waals surface area (Å²) in [5, 5.41) is -0.332. The lowest BCUT2D eigenvalue weighted by Gasteiger charge is -2.20. The molecule has 6 nitrogen and oxygen atoms in total. The quantitative estimate of drug-likeness (QED) is 0.626. The fourth-order valence-corrected chi connectivity index (χ4v) is 3.45. The van der Waals surface area contributed by atoms with Crippen LogP contribution in [0.15, 0.2) is 17.0 Å². The number of benzene rings is 1. The molecule has 0 aliphatic rings. The van der Waals surface area contributed by atoms with Gasteiger partial charge in [-0.25, -0.2) is 12.8 Å². The van der Waals surface area contributed by atoms with Gasteiger partial charge < -0.3 is 10.5 Å². The minimum Gasteiger partial charge on any atom is -0.468 e. The Hall–Kier alpha value is -1.38. The molecule has 0 bridgehead atoms. The molecule has 0 saturated carbocycles. The highest BCUT2D eigenvalue weighted by atomic mass is 35.5. The predicted molar refractivity (Wildman–Crippen MR) is 76.8 cm³/mol. The van der Waals surface area contributed by atoms with Crippen LogP contribution in [-0.2, 0) is 19.6 Å². The summed E-state index contributed by atoms with van der Waals surface area (Å²) in [7, 11) is -3.01. The van der Waals surface area contributed by atoms with Gasteiger partial charge in [0.25, 0.3) is 0 Å². The van der Waals surface area contributed by atoms with Crippen molar-refractivity contribution in [3.8, 4) is 0 Å². The number of rotatable bonds is 5. The first-order valence-electron chi connectivity index (χ1n) is 5.94. The molecule has 0 aliphatic carbocycles. The van der Waals surface area contributed by atoms with Crippen LogP contribution >= 0.6 is 11.6 Å². The molecular formula is C12H16ClFN2O4S. The SMILES string of the molecule is COC(=O)C(NS(=O)(=O)c1cc(N)c(F)cc1Cl)C(C)C. The molecule has 1 aromatic carbocycles. The van der Waals surface area contributed by atoms with E-state index >= 15 is 0 Å². The lowest BCUT2D eigenvalue weighted by atomic mass is 10.1. The minimum absolute atomic E-state index is 0.332. The van der Waals surface area contributed by atoms with E-state index in [4.69, 9.17) is 17.3 Å². The molecule has 3 N–H and O–H groups in total. The van der Waals surface area contributed by atoms with Crippen molar-refractivity contribution < 1.29 is 22.3 Å². The largest absolute Gasteiger partial charge is 0.468 e. The molecule has 1 unspecified atom stereocenters. The van der Waals surface area contributed by atoms with Gasteiger partial charge in [0.2, 0.25) is 10.0 Å². The van der Waals surface area contributed by atoms with Gasteiger partial charge in [-0.3, -0.25) is 4.79 Å². The lowest BCUT2D eigenvalue weighted by molar-refractivity contribution is -0.143. The number of methoxy groups -OCH3 is 1. The van der Waals surface area contributed by atoms with E-state index in [0.29, 0.717) is 0 Å². The van der Waals surface area contributed by atoms with E-state index in [9.17, 15) is 17.6 Å². The van der Waals surface area contributed by atoms with E-state index in [0.717, 1.165) is 19.2 Å². The average Bonchev–Trinajstić information content (AvgIpc) is 2.38. The van der Waals surface area contributed by atoms with Crippen LogP contribution in [0.2, 0.25) is 5.02 Å². The van der Waals surface area contributed by atoms with Crippen LogP contribution in [0.4, 0.5) is 10.1 Å². The Balaban J connectivity index is 3.23. The second kappa shape index (κ2) is 6.59. The highest BCUT2D eigenvalue weighted by Gasteiger charge is 2.30. The number of esters is 1. The van der Waals surface area contributed by atoms with E-state index in [1.807, 2.05) is 0 Å².